The van der Waals surface area contributed by atoms with Gasteiger partial charge in [0.05, 0.1) is 9.92 Å². The van der Waals surface area contributed by atoms with Crippen molar-refractivity contribution < 1.29 is 12.8 Å². The molecule has 0 aliphatic carbocycles. The van der Waals surface area contributed by atoms with Crippen LogP contribution in [0.3, 0.4) is 0 Å². The third-order valence-electron chi connectivity index (χ3n) is 3.34. The lowest BCUT2D eigenvalue weighted by Gasteiger charge is -2.14. The van der Waals surface area contributed by atoms with Crippen LogP contribution in [0.15, 0.2) is 23.1 Å². The van der Waals surface area contributed by atoms with E-state index in [-0.39, 0.29) is 9.92 Å². The molecule has 4 nitrogen and oxygen atoms in total. The molecular weight excluding hydrogens is 303 g/mol. The van der Waals surface area contributed by atoms with Gasteiger partial charge in [0.1, 0.15) is 5.82 Å². The number of sulfonamides is 1. The Bertz CT molecular complexity index is 559. The molecule has 1 fully saturated rings. The van der Waals surface area contributed by atoms with E-state index in [1.165, 1.54) is 18.9 Å². The summed E-state index contributed by atoms with van der Waals surface area (Å²) in [6.07, 6.45) is 3.20. The largest absolute Gasteiger partial charge is 0.303 e. The van der Waals surface area contributed by atoms with Crippen molar-refractivity contribution in [2.24, 2.45) is 0 Å². The third-order valence-corrected chi connectivity index (χ3v) is 5.09. The van der Waals surface area contributed by atoms with Crippen molar-refractivity contribution in [3.8, 4) is 0 Å². The summed E-state index contributed by atoms with van der Waals surface area (Å²) in [6, 6.07) is 3.39. The first-order valence-corrected chi connectivity index (χ1v) is 8.52. The number of rotatable bonds is 6. The lowest BCUT2D eigenvalue weighted by Crippen LogP contribution is -2.28. The Kier molecular flexibility index (Phi) is 5.37. The smallest absolute Gasteiger partial charge is 0.240 e. The van der Waals surface area contributed by atoms with Crippen LogP contribution >= 0.6 is 11.6 Å². The van der Waals surface area contributed by atoms with E-state index < -0.39 is 15.8 Å². The molecule has 1 N–H and O–H groups in total. The molecule has 7 heteroatoms. The molecule has 1 aliphatic heterocycles. The highest BCUT2D eigenvalue weighted by atomic mass is 35.5. The van der Waals surface area contributed by atoms with Crippen molar-refractivity contribution in [2.45, 2.75) is 24.2 Å². The molecule has 0 bridgehead atoms. The summed E-state index contributed by atoms with van der Waals surface area (Å²) in [5, 5.41) is -0.190. The first-order chi connectivity index (χ1) is 9.49. The molecule has 1 aromatic rings. The summed E-state index contributed by atoms with van der Waals surface area (Å²) in [7, 11) is -3.61. The highest BCUT2D eigenvalue weighted by Gasteiger charge is 2.16. The first kappa shape index (κ1) is 15.7. The van der Waals surface area contributed by atoms with Gasteiger partial charge in [-0.05, 0) is 57.1 Å². The van der Waals surface area contributed by atoms with E-state index in [0.717, 1.165) is 38.2 Å². The summed E-state index contributed by atoms with van der Waals surface area (Å²) in [5.74, 6) is -0.625. The normalized spacial score (nSPS) is 16.7. The number of nitrogens with zero attached hydrogens (tertiary/aromatic N) is 1. The Hall–Kier alpha value is -0.690. The quantitative estimate of drug-likeness (QED) is 0.818. The minimum Gasteiger partial charge on any atom is -0.303 e. The third kappa shape index (κ3) is 4.15. The van der Waals surface area contributed by atoms with Crippen molar-refractivity contribution in [1.82, 2.24) is 9.62 Å². The van der Waals surface area contributed by atoms with Gasteiger partial charge < -0.3 is 4.90 Å². The maximum absolute atomic E-state index is 13.0. The Balaban J connectivity index is 1.85. The highest BCUT2D eigenvalue weighted by Crippen LogP contribution is 2.19. The second-order valence-electron chi connectivity index (χ2n) is 4.88. The van der Waals surface area contributed by atoms with Gasteiger partial charge in [0.15, 0.2) is 0 Å². The zero-order chi connectivity index (χ0) is 14.6. The number of hydrogen-bond acceptors (Lipinski definition) is 3. The zero-order valence-electron chi connectivity index (χ0n) is 11.1. The predicted octanol–water partition coefficient (Wildman–Crippen LogP) is 2.24. The Morgan fingerprint density at radius 3 is 2.65 bits per heavy atom. The first-order valence-electron chi connectivity index (χ1n) is 6.66. The van der Waals surface area contributed by atoms with E-state index in [0.29, 0.717) is 6.54 Å². The van der Waals surface area contributed by atoms with E-state index in [9.17, 15) is 12.8 Å². The summed E-state index contributed by atoms with van der Waals surface area (Å²) >= 11 is 5.59. The molecule has 0 aromatic heterocycles. The van der Waals surface area contributed by atoms with Crippen LogP contribution in [0.25, 0.3) is 0 Å². The summed E-state index contributed by atoms with van der Waals surface area (Å²) < 4.78 is 39.5. The molecule has 0 unspecified atom stereocenters. The minimum atomic E-state index is -3.61. The molecule has 112 valence electrons. The lowest BCUT2D eigenvalue weighted by atomic mass is 10.3. The van der Waals surface area contributed by atoms with E-state index >= 15 is 0 Å². The van der Waals surface area contributed by atoms with Gasteiger partial charge in [0.2, 0.25) is 10.0 Å². The Morgan fingerprint density at radius 2 is 2.00 bits per heavy atom. The molecule has 0 amide bonds. The van der Waals surface area contributed by atoms with Crippen LogP contribution in [0.5, 0.6) is 0 Å². The lowest BCUT2D eigenvalue weighted by molar-refractivity contribution is 0.334. The standard InChI is InChI=1S/C13H18ClFN2O2S/c14-12-10-11(4-5-13(12)15)20(18,19)16-6-3-9-17-7-1-2-8-17/h4-5,10,16H,1-3,6-9H2. The number of likely N-dealkylation sites (tertiary alicyclic amines) is 1. The van der Waals surface area contributed by atoms with Crippen molar-refractivity contribution in [3.05, 3.63) is 29.0 Å². The number of halogens is 2. The molecule has 0 atom stereocenters. The number of nitrogens with one attached hydrogen (secondary N) is 1. The van der Waals surface area contributed by atoms with Crippen LogP contribution in [-0.4, -0.2) is 39.5 Å². The van der Waals surface area contributed by atoms with Gasteiger partial charge in [-0.15, -0.1) is 0 Å². The van der Waals surface area contributed by atoms with Gasteiger partial charge in [-0.3, -0.25) is 0 Å². The minimum absolute atomic E-state index is 0.00919. The topological polar surface area (TPSA) is 49.4 Å². The molecule has 0 spiro atoms. The van der Waals surface area contributed by atoms with Crippen LogP contribution in [0.1, 0.15) is 19.3 Å². The van der Waals surface area contributed by atoms with Gasteiger partial charge >= 0.3 is 0 Å². The highest BCUT2D eigenvalue weighted by molar-refractivity contribution is 7.89. The second-order valence-corrected chi connectivity index (χ2v) is 7.05. The van der Waals surface area contributed by atoms with Gasteiger partial charge in [-0.2, -0.15) is 0 Å². The molecule has 0 saturated carbocycles. The van der Waals surface area contributed by atoms with E-state index in [4.69, 9.17) is 11.6 Å². The molecule has 20 heavy (non-hydrogen) atoms. The van der Waals surface area contributed by atoms with Gasteiger partial charge in [0, 0.05) is 6.54 Å². The van der Waals surface area contributed by atoms with E-state index in [2.05, 4.69) is 9.62 Å². The predicted molar refractivity (Wildman–Crippen MR) is 76.9 cm³/mol. The summed E-state index contributed by atoms with van der Waals surface area (Å²) in [4.78, 5) is 2.31. The molecular formula is C13H18ClFN2O2S. The molecule has 2 rings (SSSR count). The van der Waals surface area contributed by atoms with Crippen molar-refractivity contribution in [1.29, 1.82) is 0 Å². The molecule has 1 aromatic carbocycles. The van der Waals surface area contributed by atoms with E-state index in [1.807, 2.05) is 0 Å². The monoisotopic (exact) mass is 320 g/mol. The number of benzene rings is 1. The van der Waals surface area contributed by atoms with Crippen LogP contribution < -0.4 is 4.72 Å². The SMILES string of the molecule is O=S(=O)(NCCCN1CCCC1)c1ccc(F)c(Cl)c1. The van der Waals surface area contributed by atoms with Crippen LogP contribution in [-0.2, 0) is 10.0 Å². The van der Waals surface area contributed by atoms with E-state index in [1.54, 1.807) is 0 Å². The Morgan fingerprint density at radius 1 is 1.30 bits per heavy atom. The maximum atomic E-state index is 13.0. The average molecular weight is 321 g/mol. The van der Waals surface area contributed by atoms with Gasteiger partial charge in [0.25, 0.3) is 0 Å². The summed E-state index contributed by atoms with van der Waals surface area (Å²) in [5.41, 5.74) is 0. The van der Waals surface area contributed by atoms with Gasteiger partial charge in [-0.1, -0.05) is 11.6 Å². The molecule has 1 heterocycles. The van der Waals surface area contributed by atoms with Crippen molar-refractivity contribution in [2.75, 3.05) is 26.2 Å². The van der Waals surface area contributed by atoms with Crippen molar-refractivity contribution in [3.63, 3.8) is 0 Å². The fraction of sp³-hybridized carbons (Fsp3) is 0.538. The van der Waals surface area contributed by atoms with Crippen LogP contribution in [0, 0.1) is 5.82 Å². The second kappa shape index (κ2) is 6.85. The van der Waals surface area contributed by atoms with Crippen LogP contribution in [0.4, 0.5) is 4.39 Å². The fourth-order valence-corrected chi connectivity index (χ4v) is 3.59. The molecule has 1 aliphatic rings. The molecule has 0 radical (unpaired) electrons. The molecule has 1 saturated heterocycles. The Labute approximate surface area is 124 Å². The fourth-order valence-electron chi connectivity index (χ4n) is 2.24. The van der Waals surface area contributed by atoms with Gasteiger partial charge in [-0.25, -0.2) is 17.5 Å². The summed E-state index contributed by atoms with van der Waals surface area (Å²) in [6.45, 7) is 3.46. The number of hydrogen-bond donors (Lipinski definition) is 1. The maximum Gasteiger partial charge on any atom is 0.240 e. The average Bonchev–Trinajstić information content (AvgIpc) is 2.91. The van der Waals surface area contributed by atoms with Crippen LogP contribution in [0.2, 0.25) is 5.02 Å². The zero-order valence-corrected chi connectivity index (χ0v) is 12.7. The van der Waals surface area contributed by atoms with Crippen molar-refractivity contribution >= 4 is 21.6 Å².